The first-order chi connectivity index (χ1) is 14.8. The summed E-state index contributed by atoms with van der Waals surface area (Å²) in [6, 6.07) is 21.3. The molecule has 4 N–H and O–H groups in total. The minimum atomic E-state index is -0.598. The number of nitrogens with one attached hydrogen (secondary N) is 2. The summed E-state index contributed by atoms with van der Waals surface area (Å²) in [6.45, 7) is 3.67. The molecule has 7 heteroatoms. The van der Waals surface area contributed by atoms with Gasteiger partial charge in [0.05, 0.1) is 16.5 Å². The maximum atomic E-state index is 12.6. The van der Waals surface area contributed by atoms with Crippen molar-refractivity contribution in [1.82, 2.24) is 0 Å². The van der Waals surface area contributed by atoms with Crippen LogP contribution in [0.25, 0.3) is 0 Å². The lowest BCUT2D eigenvalue weighted by atomic mass is 10.1. The van der Waals surface area contributed by atoms with Crippen LogP contribution in [0.3, 0.4) is 0 Å². The molecule has 1 atom stereocenters. The Bertz CT molecular complexity index is 1110. The number of carbonyl (C=O) groups excluding carboxylic acids is 3. The summed E-state index contributed by atoms with van der Waals surface area (Å²) in [5.74, 6) is -1.01. The molecular formula is C24H23N3O3S. The van der Waals surface area contributed by atoms with Crippen LogP contribution >= 0.6 is 11.8 Å². The van der Waals surface area contributed by atoms with Crippen LogP contribution in [0.2, 0.25) is 0 Å². The van der Waals surface area contributed by atoms with Crippen molar-refractivity contribution < 1.29 is 14.4 Å². The lowest BCUT2D eigenvalue weighted by Crippen LogP contribution is -2.24. The normalized spacial score (nSPS) is 11.4. The van der Waals surface area contributed by atoms with Gasteiger partial charge >= 0.3 is 0 Å². The summed E-state index contributed by atoms with van der Waals surface area (Å²) >= 11 is 1.37. The fourth-order valence-corrected chi connectivity index (χ4v) is 3.81. The number of aryl methyl sites for hydroxylation is 1. The molecule has 31 heavy (non-hydrogen) atoms. The number of anilines is 2. The highest BCUT2D eigenvalue weighted by molar-refractivity contribution is 8.00. The molecule has 0 saturated carbocycles. The fraction of sp³-hybridized carbons (Fsp3) is 0.125. The molecule has 0 aliphatic rings. The van der Waals surface area contributed by atoms with Gasteiger partial charge in [0.2, 0.25) is 5.91 Å². The first kappa shape index (κ1) is 22.1. The standard InChI is InChI=1S/C24H23N3O3S/c1-15-7-3-4-8-19(15)24(30)26-17-11-13-18(14-12-17)31-16(2)23(29)27-21-10-6-5-9-20(21)22(25)28/h3-14,16H,1-2H3,(H2,25,28)(H,26,30)(H,27,29). The first-order valence-electron chi connectivity index (χ1n) is 9.68. The highest BCUT2D eigenvalue weighted by Gasteiger charge is 2.17. The molecule has 1 unspecified atom stereocenters. The van der Waals surface area contributed by atoms with Gasteiger partial charge in [0.15, 0.2) is 0 Å². The van der Waals surface area contributed by atoms with Crippen LogP contribution in [0, 0.1) is 6.92 Å². The van der Waals surface area contributed by atoms with Gasteiger partial charge in [0.25, 0.3) is 11.8 Å². The van der Waals surface area contributed by atoms with Crippen molar-refractivity contribution in [1.29, 1.82) is 0 Å². The van der Waals surface area contributed by atoms with Crippen molar-refractivity contribution in [2.24, 2.45) is 5.73 Å². The molecule has 0 bridgehead atoms. The van der Waals surface area contributed by atoms with Gasteiger partial charge in [-0.2, -0.15) is 0 Å². The summed E-state index contributed by atoms with van der Waals surface area (Å²) in [5, 5.41) is 5.23. The number of rotatable bonds is 7. The summed E-state index contributed by atoms with van der Waals surface area (Å²) < 4.78 is 0. The zero-order valence-electron chi connectivity index (χ0n) is 17.2. The molecule has 0 radical (unpaired) electrons. The lowest BCUT2D eigenvalue weighted by Gasteiger charge is -2.14. The van der Waals surface area contributed by atoms with Crippen molar-refractivity contribution in [3.63, 3.8) is 0 Å². The van der Waals surface area contributed by atoms with E-state index >= 15 is 0 Å². The van der Waals surface area contributed by atoms with E-state index in [4.69, 9.17) is 5.73 Å². The van der Waals surface area contributed by atoms with E-state index in [-0.39, 0.29) is 17.4 Å². The van der Waals surface area contributed by atoms with E-state index < -0.39 is 11.2 Å². The Morgan fingerprint density at radius 2 is 1.45 bits per heavy atom. The van der Waals surface area contributed by atoms with Crippen molar-refractivity contribution in [2.45, 2.75) is 24.0 Å². The summed E-state index contributed by atoms with van der Waals surface area (Å²) in [5.41, 5.74) is 8.22. The van der Waals surface area contributed by atoms with Crippen molar-refractivity contribution in [3.8, 4) is 0 Å². The number of primary amides is 1. The second-order valence-corrected chi connectivity index (χ2v) is 8.37. The largest absolute Gasteiger partial charge is 0.366 e. The van der Waals surface area contributed by atoms with Gasteiger partial charge in [-0.1, -0.05) is 30.3 Å². The molecule has 3 amide bonds. The molecule has 158 valence electrons. The van der Waals surface area contributed by atoms with E-state index in [0.717, 1.165) is 10.5 Å². The van der Waals surface area contributed by atoms with Crippen molar-refractivity contribution in [2.75, 3.05) is 10.6 Å². The zero-order valence-corrected chi connectivity index (χ0v) is 18.0. The van der Waals surface area contributed by atoms with Gasteiger partial charge in [-0.15, -0.1) is 11.8 Å². The second-order valence-electron chi connectivity index (χ2n) is 6.95. The molecule has 3 aromatic rings. The summed E-state index contributed by atoms with van der Waals surface area (Å²) in [7, 11) is 0. The van der Waals surface area contributed by atoms with Crippen LogP contribution in [0.4, 0.5) is 11.4 Å². The zero-order chi connectivity index (χ0) is 22.4. The van der Waals surface area contributed by atoms with E-state index in [1.165, 1.54) is 11.8 Å². The Kier molecular flexibility index (Phi) is 7.10. The first-order valence-corrected chi connectivity index (χ1v) is 10.6. The van der Waals surface area contributed by atoms with E-state index in [1.807, 2.05) is 37.3 Å². The Morgan fingerprint density at radius 1 is 0.839 bits per heavy atom. The Balaban J connectivity index is 1.60. The smallest absolute Gasteiger partial charge is 0.255 e. The van der Waals surface area contributed by atoms with Gasteiger partial charge in [0.1, 0.15) is 0 Å². The highest BCUT2D eigenvalue weighted by Crippen LogP contribution is 2.26. The average Bonchev–Trinajstić information content (AvgIpc) is 2.75. The Hall–Kier alpha value is -3.58. The second kappa shape index (κ2) is 9.95. The number of hydrogen-bond acceptors (Lipinski definition) is 4. The fourth-order valence-electron chi connectivity index (χ4n) is 2.94. The number of amides is 3. The highest BCUT2D eigenvalue weighted by atomic mass is 32.2. The molecule has 0 aliphatic heterocycles. The summed E-state index contributed by atoms with van der Waals surface area (Å²) in [6.07, 6.45) is 0. The third kappa shape index (κ3) is 5.73. The van der Waals surface area contributed by atoms with Crippen molar-refractivity contribution in [3.05, 3.63) is 89.5 Å². The molecule has 6 nitrogen and oxygen atoms in total. The number of para-hydroxylation sites is 1. The number of carbonyl (C=O) groups is 3. The molecule has 3 aromatic carbocycles. The summed E-state index contributed by atoms with van der Waals surface area (Å²) in [4.78, 5) is 37.4. The minimum absolute atomic E-state index is 0.167. The van der Waals surface area contributed by atoms with Gasteiger partial charge < -0.3 is 16.4 Å². The van der Waals surface area contributed by atoms with Crippen LogP contribution in [-0.4, -0.2) is 23.0 Å². The van der Waals surface area contributed by atoms with Crippen LogP contribution in [-0.2, 0) is 4.79 Å². The molecule has 0 heterocycles. The van der Waals surface area contributed by atoms with Gasteiger partial charge in [-0.3, -0.25) is 14.4 Å². The average molecular weight is 434 g/mol. The predicted octanol–water partition coefficient (Wildman–Crippen LogP) is 4.47. The SMILES string of the molecule is Cc1ccccc1C(=O)Nc1ccc(SC(C)C(=O)Nc2ccccc2C(N)=O)cc1. The monoisotopic (exact) mass is 433 g/mol. The van der Waals surface area contributed by atoms with Crippen LogP contribution in [0.5, 0.6) is 0 Å². The maximum Gasteiger partial charge on any atom is 0.255 e. The lowest BCUT2D eigenvalue weighted by molar-refractivity contribution is -0.115. The Labute approximate surface area is 185 Å². The van der Waals surface area contributed by atoms with E-state index in [1.54, 1.807) is 49.4 Å². The number of thioether (sulfide) groups is 1. The molecule has 0 fully saturated rings. The predicted molar refractivity (Wildman–Crippen MR) is 124 cm³/mol. The van der Waals surface area contributed by atoms with Crippen LogP contribution in [0.1, 0.15) is 33.2 Å². The van der Waals surface area contributed by atoms with E-state index in [2.05, 4.69) is 10.6 Å². The number of hydrogen-bond donors (Lipinski definition) is 3. The molecular weight excluding hydrogens is 410 g/mol. The number of nitrogens with two attached hydrogens (primary N) is 1. The Morgan fingerprint density at radius 3 is 2.10 bits per heavy atom. The van der Waals surface area contributed by atoms with Crippen LogP contribution in [0.15, 0.2) is 77.7 Å². The van der Waals surface area contributed by atoms with Gasteiger partial charge in [-0.25, -0.2) is 0 Å². The quantitative estimate of drug-likeness (QED) is 0.479. The topological polar surface area (TPSA) is 101 Å². The molecule has 3 rings (SSSR count). The van der Waals surface area contributed by atoms with E-state index in [0.29, 0.717) is 16.9 Å². The third-order valence-electron chi connectivity index (χ3n) is 4.63. The third-order valence-corrected chi connectivity index (χ3v) is 5.75. The van der Waals surface area contributed by atoms with E-state index in [9.17, 15) is 14.4 Å². The number of benzene rings is 3. The van der Waals surface area contributed by atoms with Gasteiger partial charge in [0, 0.05) is 16.1 Å². The molecule has 0 aromatic heterocycles. The van der Waals surface area contributed by atoms with Gasteiger partial charge in [-0.05, 0) is 61.9 Å². The van der Waals surface area contributed by atoms with Crippen molar-refractivity contribution >= 4 is 40.9 Å². The van der Waals surface area contributed by atoms with Crippen LogP contribution < -0.4 is 16.4 Å². The molecule has 0 spiro atoms. The minimum Gasteiger partial charge on any atom is -0.366 e. The molecule has 0 aliphatic carbocycles. The molecule has 0 saturated heterocycles. The maximum absolute atomic E-state index is 12.6.